The summed E-state index contributed by atoms with van der Waals surface area (Å²) in [5.41, 5.74) is 3.37. The summed E-state index contributed by atoms with van der Waals surface area (Å²) < 4.78 is 53.5. The second-order valence-corrected chi connectivity index (χ2v) is 7.19. The van der Waals surface area contributed by atoms with E-state index < -0.39 is 20.2 Å². The molecule has 108 valence electrons. The molecule has 0 fully saturated rings. The van der Waals surface area contributed by atoms with Gasteiger partial charge in [-0.15, -0.1) is 4.28 Å². The second-order valence-electron chi connectivity index (χ2n) is 4.14. The molecule has 0 aliphatic heterocycles. The summed E-state index contributed by atoms with van der Waals surface area (Å²) >= 11 is 0. The third-order valence-electron chi connectivity index (χ3n) is 2.18. The van der Waals surface area contributed by atoms with Crippen LogP contribution in [0.4, 0.5) is 0 Å². The highest BCUT2D eigenvalue weighted by atomic mass is 32.2. The summed E-state index contributed by atoms with van der Waals surface area (Å²) in [7, 11) is -8.02. The van der Waals surface area contributed by atoms with Crippen molar-refractivity contribution in [3.05, 3.63) is 28.8 Å². The van der Waals surface area contributed by atoms with Crippen molar-refractivity contribution in [2.45, 2.75) is 25.7 Å². The first-order valence-corrected chi connectivity index (χ1v) is 8.40. The molecule has 0 saturated carbocycles. The maximum Gasteiger partial charge on any atom is 0.315 e. The van der Waals surface area contributed by atoms with E-state index >= 15 is 0 Å². The van der Waals surface area contributed by atoms with E-state index in [-0.39, 0.29) is 4.90 Å². The first-order valence-electron chi connectivity index (χ1n) is 5.18. The molecular weight excluding hydrogens is 294 g/mol. The Bertz CT molecular complexity index is 655. The lowest BCUT2D eigenvalue weighted by Gasteiger charge is -2.11. The van der Waals surface area contributed by atoms with E-state index in [1.165, 1.54) is 5.64 Å². The van der Waals surface area contributed by atoms with Gasteiger partial charge in [0.1, 0.15) is 4.90 Å². The number of aryl methyl sites for hydroxylation is 3. The van der Waals surface area contributed by atoms with E-state index in [1.807, 2.05) is 6.92 Å². The van der Waals surface area contributed by atoms with Crippen LogP contribution in [0.3, 0.4) is 0 Å². The minimum atomic E-state index is -4.16. The lowest BCUT2D eigenvalue weighted by Crippen LogP contribution is -2.24. The standard InChI is InChI=1S/C10H15NO6S2/c1-7-5-8(2)10(9(3)6-7)19(14,15)17-11-16-18(4,12)13/h5-6,11H,1-4H3. The fourth-order valence-corrected chi connectivity index (χ4v) is 3.04. The quantitative estimate of drug-likeness (QED) is 0.800. The summed E-state index contributed by atoms with van der Waals surface area (Å²) in [6.07, 6.45) is 0.748. The molecule has 0 atom stereocenters. The smallest absolute Gasteiger partial charge is 0.198 e. The van der Waals surface area contributed by atoms with E-state index in [9.17, 15) is 16.8 Å². The molecule has 0 aliphatic rings. The molecular formula is C10H15NO6S2. The van der Waals surface area contributed by atoms with Gasteiger partial charge in [-0.25, -0.2) is 0 Å². The van der Waals surface area contributed by atoms with E-state index in [0.29, 0.717) is 11.1 Å². The third kappa shape index (κ3) is 4.55. The topological polar surface area (TPSA) is 98.8 Å². The zero-order chi connectivity index (χ0) is 14.8. The molecule has 1 aromatic carbocycles. The van der Waals surface area contributed by atoms with Gasteiger partial charge in [-0.05, 0) is 37.5 Å². The predicted molar refractivity (Wildman–Crippen MR) is 68.0 cm³/mol. The number of hydrogen-bond donors (Lipinski definition) is 1. The Labute approximate surface area is 112 Å². The first kappa shape index (κ1) is 16.1. The van der Waals surface area contributed by atoms with Crippen LogP contribution in [0.25, 0.3) is 0 Å². The average molecular weight is 309 g/mol. The van der Waals surface area contributed by atoms with Crippen molar-refractivity contribution in [3.63, 3.8) is 0 Å². The molecule has 1 aromatic rings. The largest absolute Gasteiger partial charge is 0.315 e. The highest BCUT2D eigenvalue weighted by Gasteiger charge is 2.22. The van der Waals surface area contributed by atoms with Crippen molar-refractivity contribution < 1.29 is 25.4 Å². The van der Waals surface area contributed by atoms with Crippen LogP contribution in [-0.2, 0) is 28.8 Å². The zero-order valence-corrected chi connectivity index (χ0v) is 12.6. The summed E-state index contributed by atoms with van der Waals surface area (Å²) in [5.74, 6) is 0. The van der Waals surface area contributed by atoms with Crippen molar-refractivity contribution in [2.75, 3.05) is 6.26 Å². The number of nitrogens with one attached hydrogen (secondary N) is 1. The minimum absolute atomic E-state index is 0.0253. The van der Waals surface area contributed by atoms with E-state index in [0.717, 1.165) is 11.8 Å². The summed E-state index contributed by atoms with van der Waals surface area (Å²) in [6.45, 7) is 5.07. The second kappa shape index (κ2) is 5.55. The van der Waals surface area contributed by atoms with Gasteiger partial charge in [-0.2, -0.15) is 21.1 Å². The maximum atomic E-state index is 11.9. The lowest BCUT2D eigenvalue weighted by molar-refractivity contribution is -0.00650. The maximum absolute atomic E-state index is 11.9. The molecule has 0 heterocycles. The van der Waals surface area contributed by atoms with E-state index in [2.05, 4.69) is 8.57 Å². The van der Waals surface area contributed by atoms with Crippen LogP contribution in [0.5, 0.6) is 0 Å². The highest BCUT2D eigenvalue weighted by molar-refractivity contribution is 7.87. The van der Waals surface area contributed by atoms with Crippen molar-refractivity contribution in [1.29, 1.82) is 0 Å². The van der Waals surface area contributed by atoms with Crippen LogP contribution in [0, 0.1) is 20.8 Å². The molecule has 7 nitrogen and oxygen atoms in total. The van der Waals surface area contributed by atoms with Gasteiger partial charge >= 0.3 is 10.1 Å². The van der Waals surface area contributed by atoms with Gasteiger partial charge in [0.05, 0.1) is 6.26 Å². The van der Waals surface area contributed by atoms with Gasteiger partial charge in [0, 0.05) is 0 Å². The Hall–Kier alpha value is -1.00. The average Bonchev–Trinajstić information content (AvgIpc) is 2.11. The van der Waals surface area contributed by atoms with Crippen molar-refractivity contribution in [2.24, 2.45) is 0 Å². The van der Waals surface area contributed by atoms with Gasteiger partial charge in [-0.3, -0.25) is 0 Å². The van der Waals surface area contributed by atoms with Gasteiger partial charge in [0.15, 0.2) is 0 Å². The molecule has 0 radical (unpaired) electrons. The monoisotopic (exact) mass is 309 g/mol. The van der Waals surface area contributed by atoms with Crippen LogP contribution >= 0.6 is 0 Å². The number of benzene rings is 1. The van der Waals surface area contributed by atoms with Crippen LogP contribution in [0.15, 0.2) is 17.0 Å². The fraction of sp³-hybridized carbons (Fsp3) is 0.400. The predicted octanol–water partition coefficient (Wildman–Crippen LogP) is 0.713. The summed E-state index contributed by atoms with van der Waals surface area (Å²) in [4.78, 5) is -0.0253. The van der Waals surface area contributed by atoms with E-state index in [1.54, 1.807) is 26.0 Å². The molecule has 0 amide bonds. The normalized spacial score (nSPS) is 12.6. The Morgan fingerprint density at radius 2 is 1.42 bits per heavy atom. The Balaban J connectivity index is 3.02. The SMILES string of the molecule is Cc1cc(C)c(S(=O)(=O)ONOS(C)(=O)=O)c(C)c1. The van der Waals surface area contributed by atoms with E-state index in [4.69, 9.17) is 0 Å². The summed E-state index contributed by atoms with van der Waals surface area (Å²) in [6, 6.07) is 3.36. The molecule has 0 aliphatic carbocycles. The third-order valence-corrected chi connectivity index (χ3v) is 3.99. The number of rotatable bonds is 5. The fourth-order valence-electron chi connectivity index (χ4n) is 1.72. The Kier molecular flexibility index (Phi) is 4.69. The van der Waals surface area contributed by atoms with Crippen LogP contribution in [0.1, 0.15) is 16.7 Å². The molecule has 0 saturated heterocycles. The first-order chi connectivity index (χ1) is 8.53. The minimum Gasteiger partial charge on any atom is -0.198 e. The molecule has 0 spiro atoms. The summed E-state index contributed by atoms with van der Waals surface area (Å²) in [5, 5.41) is 0. The van der Waals surface area contributed by atoms with Gasteiger partial charge in [-0.1, -0.05) is 17.7 Å². The Morgan fingerprint density at radius 1 is 0.947 bits per heavy atom. The number of hydrogen-bond acceptors (Lipinski definition) is 7. The van der Waals surface area contributed by atoms with Gasteiger partial charge < -0.3 is 0 Å². The Morgan fingerprint density at radius 3 is 1.84 bits per heavy atom. The van der Waals surface area contributed by atoms with Gasteiger partial charge in [0.2, 0.25) is 0 Å². The van der Waals surface area contributed by atoms with Crippen molar-refractivity contribution >= 4 is 20.2 Å². The molecule has 0 bridgehead atoms. The molecule has 0 aromatic heterocycles. The van der Waals surface area contributed by atoms with Gasteiger partial charge in [0.25, 0.3) is 10.1 Å². The van der Waals surface area contributed by atoms with Crippen LogP contribution in [0.2, 0.25) is 0 Å². The molecule has 9 heteroatoms. The molecule has 1 rings (SSSR count). The van der Waals surface area contributed by atoms with Crippen LogP contribution in [-0.4, -0.2) is 23.1 Å². The lowest BCUT2D eigenvalue weighted by atomic mass is 10.1. The zero-order valence-electron chi connectivity index (χ0n) is 10.9. The van der Waals surface area contributed by atoms with Crippen molar-refractivity contribution in [1.82, 2.24) is 5.64 Å². The highest BCUT2D eigenvalue weighted by Crippen LogP contribution is 2.22. The molecule has 0 unspecified atom stereocenters. The van der Waals surface area contributed by atoms with Crippen LogP contribution < -0.4 is 5.64 Å². The molecule has 19 heavy (non-hydrogen) atoms. The molecule has 1 N–H and O–H groups in total. The van der Waals surface area contributed by atoms with Crippen molar-refractivity contribution in [3.8, 4) is 0 Å².